The van der Waals surface area contributed by atoms with Crippen LogP contribution in [-0.2, 0) is 0 Å². The number of rotatable bonds is 5. The quantitative estimate of drug-likeness (QED) is 0.303. The van der Waals surface area contributed by atoms with Crippen LogP contribution in [0.5, 0.6) is 11.5 Å². The largest absolute Gasteiger partial charge is 0.457 e. The minimum atomic E-state index is -0.329. The molecule has 0 saturated carbocycles. The molecule has 2 aliphatic rings. The first kappa shape index (κ1) is 24.0. The second kappa shape index (κ2) is 9.50. The van der Waals surface area contributed by atoms with Gasteiger partial charge in [0.2, 0.25) is 0 Å². The normalized spacial score (nSPS) is 14.8. The summed E-state index contributed by atoms with van der Waals surface area (Å²) in [5.74, 6) is 1.21. The number of allylic oxidation sites excluding steroid dienone is 1. The lowest BCUT2D eigenvalue weighted by Crippen LogP contribution is -2.35. The first-order valence-electron chi connectivity index (χ1n) is 12.5. The van der Waals surface area contributed by atoms with Gasteiger partial charge in [0.25, 0.3) is 5.91 Å². The van der Waals surface area contributed by atoms with Crippen molar-refractivity contribution in [1.82, 2.24) is 15.2 Å². The van der Waals surface area contributed by atoms with E-state index in [0.29, 0.717) is 26.8 Å². The van der Waals surface area contributed by atoms with Crippen molar-refractivity contribution in [1.29, 1.82) is 0 Å². The molecule has 3 amide bonds. The number of amides is 3. The van der Waals surface area contributed by atoms with Gasteiger partial charge in [-0.3, -0.25) is 9.69 Å². The molecule has 0 aliphatic carbocycles. The number of carbonyl (C=O) groups is 2. The number of ether oxygens (including phenoxy) is 1. The first-order chi connectivity index (χ1) is 18.4. The maximum absolute atomic E-state index is 13.5. The Kier molecular flexibility index (Phi) is 6.00. The Labute approximate surface area is 224 Å². The lowest BCUT2D eigenvalue weighted by Gasteiger charge is -2.29. The van der Waals surface area contributed by atoms with Crippen LogP contribution >= 0.6 is 11.3 Å². The number of nitrogens with one attached hydrogen (secondary N) is 2. The summed E-state index contributed by atoms with van der Waals surface area (Å²) >= 11 is 1.28. The summed E-state index contributed by atoms with van der Waals surface area (Å²) in [6.07, 6.45) is 5.42. The molecule has 4 heterocycles. The molecular formula is C29H27N5O3S. The molecule has 8 nitrogen and oxygen atoms in total. The molecule has 6 rings (SSSR count). The third-order valence-electron chi connectivity index (χ3n) is 6.69. The topological polar surface area (TPSA) is 86.8 Å². The molecule has 0 bridgehead atoms. The molecule has 2 aromatic carbocycles. The highest BCUT2D eigenvalue weighted by molar-refractivity contribution is 7.21. The van der Waals surface area contributed by atoms with Crippen molar-refractivity contribution in [2.24, 2.45) is 0 Å². The van der Waals surface area contributed by atoms with Gasteiger partial charge in [0.05, 0.1) is 22.4 Å². The zero-order chi connectivity index (χ0) is 26.4. The van der Waals surface area contributed by atoms with Crippen LogP contribution in [0.4, 0.5) is 21.9 Å². The molecule has 9 heteroatoms. The van der Waals surface area contributed by atoms with E-state index in [1.165, 1.54) is 11.3 Å². The van der Waals surface area contributed by atoms with Gasteiger partial charge in [-0.25, -0.2) is 9.78 Å². The Bertz CT molecular complexity index is 1630. The van der Waals surface area contributed by atoms with E-state index in [9.17, 15) is 9.59 Å². The fourth-order valence-corrected chi connectivity index (χ4v) is 5.97. The van der Waals surface area contributed by atoms with Crippen LogP contribution in [0.25, 0.3) is 10.2 Å². The number of hydrogen-bond acceptors (Lipinski definition) is 6. The van der Waals surface area contributed by atoms with Crippen molar-refractivity contribution in [2.45, 2.75) is 26.7 Å². The smallest absolute Gasteiger partial charge is 0.331 e. The second-order valence-corrected chi connectivity index (χ2v) is 10.6. The van der Waals surface area contributed by atoms with E-state index in [0.717, 1.165) is 53.0 Å². The van der Waals surface area contributed by atoms with E-state index < -0.39 is 0 Å². The highest BCUT2D eigenvalue weighted by Crippen LogP contribution is 2.46. The number of benzene rings is 2. The molecule has 0 fully saturated rings. The zero-order valence-electron chi connectivity index (χ0n) is 21.4. The summed E-state index contributed by atoms with van der Waals surface area (Å²) in [6.45, 7) is 4.93. The summed E-state index contributed by atoms with van der Waals surface area (Å²) < 4.78 is 6.04. The van der Waals surface area contributed by atoms with Gasteiger partial charge >= 0.3 is 6.03 Å². The molecule has 0 unspecified atom stereocenters. The molecule has 0 atom stereocenters. The Balaban J connectivity index is 1.34. The summed E-state index contributed by atoms with van der Waals surface area (Å²) in [5, 5.41) is 6.76. The molecule has 2 aromatic heterocycles. The molecule has 0 saturated heterocycles. The van der Waals surface area contributed by atoms with Gasteiger partial charge in [-0.2, -0.15) is 0 Å². The molecule has 38 heavy (non-hydrogen) atoms. The van der Waals surface area contributed by atoms with E-state index in [1.54, 1.807) is 11.1 Å². The molecule has 4 aromatic rings. The number of nitrogens with zero attached hydrogens (tertiary/aromatic N) is 3. The van der Waals surface area contributed by atoms with Crippen molar-refractivity contribution in [3.63, 3.8) is 0 Å². The number of anilines is 3. The fraction of sp³-hybridized carbons (Fsp3) is 0.207. The molecular weight excluding hydrogens is 498 g/mol. The van der Waals surface area contributed by atoms with Crippen LogP contribution in [0.2, 0.25) is 0 Å². The second-order valence-electron chi connectivity index (χ2n) is 9.64. The number of aryl methyl sites for hydroxylation is 2. The SMILES string of the molecule is Cc1cccc(Oc2ccc(N3C(=O)Nc4c(C(=O)NC5=CN(C)CCC5)sc5nccc3c45)c(C)c2)c1. The predicted molar refractivity (Wildman–Crippen MR) is 151 cm³/mol. The van der Waals surface area contributed by atoms with Gasteiger partial charge in [0.1, 0.15) is 21.2 Å². The van der Waals surface area contributed by atoms with Gasteiger partial charge in [-0.1, -0.05) is 12.1 Å². The van der Waals surface area contributed by atoms with Crippen LogP contribution in [-0.4, -0.2) is 35.4 Å². The maximum atomic E-state index is 13.5. The molecule has 0 radical (unpaired) electrons. The summed E-state index contributed by atoms with van der Waals surface area (Å²) in [6, 6.07) is 15.0. The molecule has 2 N–H and O–H groups in total. The van der Waals surface area contributed by atoms with E-state index in [2.05, 4.69) is 20.5 Å². The minimum Gasteiger partial charge on any atom is -0.457 e. The lowest BCUT2D eigenvalue weighted by molar-refractivity contribution is 0.0967. The van der Waals surface area contributed by atoms with Gasteiger partial charge < -0.3 is 20.3 Å². The highest BCUT2D eigenvalue weighted by atomic mass is 32.1. The standard InChI is InChI=1S/C29H27N5O3S/c1-17-6-4-8-20(14-17)37-21-9-10-22(18(2)15-21)34-23-11-12-30-28-24(23)25(32-29(34)36)26(38-28)27(35)31-19-7-5-13-33(3)16-19/h4,6,8-12,14-16H,5,7,13H2,1-3H3,(H,31,35)(H,32,36). The van der Waals surface area contributed by atoms with Crippen molar-refractivity contribution in [3.05, 3.63) is 82.6 Å². The van der Waals surface area contributed by atoms with Gasteiger partial charge in [0, 0.05) is 31.7 Å². The molecule has 192 valence electrons. The average Bonchev–Trinajstić information content (AvgIpc) is 3.25. The maximum Gasteiger partial charge on any atom is 0.331 e. The zero-order valence-corrected chi connectivity index (χ0v) is 22.2. The van der Waals surface area contributed by atoms with Crippen LogP contribution in [0.1, 0.15) is 33.6 Å². The van der Waals surface area contributed by atoms with E-state index in [4.69, 9.17) is 4.74 Å². The monoisotopic (exact) mass is 525 g/mol. The summed E-state index contributed by atoms with van der Waals surface area (Å²) in [7, 11) is 1.99. The number of pyridine rings is 1. The predicted octanol–water partition coefficient (Wildman–Crippen LogP) is 6.69. The number of hydrogen-bond donors (Lipinski definition) is 2. The minimum absolute atomic E-state index is 0.238. The van der Waals surface area contributed by atoms with Crippen molar-refractivity contribution in [2.75, 3.05) is 23.8 Å². The summed E-state index contributed by atoms with van der Waals surface area (Å²) in [4.78, 5) is 36.1. The van der Waals surface area contributed by atoms with E-state index in [1.807, 2.05) is 75.6 Å². The first-order valence-corrected chi connectivity index (χ1v) is 13.3. The Morgan fingerprint density at radius 3 is 2.74 bits per heavy atom. The van der Waals surface area contributed by atoms with E-state index in [-0.39, 0.29) is 11.9 Å². The van der Waals surface area contributed by atoms with Gasteiger partial charge in [-0.05, 0) is 74.2 Å². The molecule has 2 aliphatic heterocycles. The Morgan fingerprint density at radius 2 is 1.95 bits per heavy atom. The van der Waals surface area contributed by atoms with Gasteiger partial charge in [0.15, 0.2) is 0 Å². The number of carbonyl (C=O) groups excluding carboxylic acids is 2. The number of urea groups is 1. The van der Waals surface area contributed by atoms with Gasteiger partial charge in [-0.15, -0.1) is 11.3 Å². The number of thiophene rings is 1. The van der Waals surface area contributed by atoms with Crippen molar-refractivity contribution < 1.29 is 14.3 Å². The number of aromatic nitrogens is 1. The lowest BCUT2D eigenvalue weighted by atomic mass is 10.1. The van der Waals surface area contributed by atoms with Crippen LogP contribution in [0, 0.1) is 13.8 Å². The fourth-order valence-electron chi connectivity index (χ4n) is 4.95. The average molecular weight is 526 g/mol. The Morgan fingerprint density at radius 1 is 1.11 bits per heavy atom. The van der Waals surface area contributed by atoms with Crippen LogP contribution in [0.3, 0.4) is 0 Å². The Hall–Kier alpha value is -4.37. The third-order valence-corrected chi connectivity index (χ3v) is 7.79. The summed E-state index contributed by atoms with van der Waals surface area (Å²) in [5.41, 5.74) is 4.79. The molecule has 0 spiro atoms. The van der Waals surface area contributed by atoms with E-state index >= 15 is 0 Å². The third kappa shape index (κ3) is 4.35. The van der Waals surface area contributed by atoms with Crippen molar-refractivity contribution >= 4 is 50.6 Å². The van der Waals surface area contributed by atoms with Crippen LogP contribution < -0.4 is 20.3 Å². The highest BCUT2D eigenvalue weighted by Gasteiger charge is 2.33. The van der Waals surface area contributed by atoms with Crippen LogP contribution in [0.15, 0.2) is 66.6 Å². The van der Waals surface area contributed by atoms with Crippen molar-refractivity contribution in [3.8, 4) is 11.5 Å².